The van der Waals surface area contributed by atoms with Crippen molar-refractivity contribution in [2.45, 2.75) is 0 Å². The van der Waals surface area contributed by atoms with E-state index in [-0.39, 0.29) is 5.56 Å². The van der Waals surface area contributed by atoms with Gasteiger partial charge in [-0.3, -0.25) is 19.7 Å². The number of fused-ring (bicyclic) bond motifs is 6. The highest BCUT2D eigenvalue weighted by molar-refractivity contribution is 6.20. The number of pyridine rings is 2. The second kappa shape index (κ2) is 4.84. The molecule has 0 spiro atoms. The van der Waals surface area contributed by atoms with Crippen LogP contribution in [0.4, 0.5) is 0 Å². The van der Waals surface area contributed by atoms with Crippen molar-refractivity contribution in [2.24, 2.45) is 0 Å². The van der Waals surface area contributed by atoms with Gasteiger partial charge in [0.15, 0.2) is 0 Å². The number of benzene rings is 1. The molecule has 0 radical (unpaired) electrons. The molecular weight excluding hydrogens is 320 g/mol. The van der Waals surface area contributed by atoms with Crippen molar-refractivity contribution in [1.29, 1.82) is 0 Å². The van der Waals surface area contributed by atoms with Gasteiger partial charge in [-0.15, -0.1) is 0 Å². The molecule has 0 amide bonds. The molecular formula is C17H10N6O2. The first-order valence-electron chi connectivity index (χ1n) is 7.56. The van der Waals surface area contributed by atoms with E-state index in [9.17, 15) is 9.59 Å². The van der Waals surface area contributed by atoms with Crippen molar-refractivity contribution >= 4 is 32.8 Å². The molecule has 1 aromatic carbocycles. The second-order valence-electron chi connectivity index (χ2n) is 5.59. The number of nitrogens with zero attached hydrogens (tertiary/aromatic N) is 3. The normalized spacial score (nSPS) is 11.5. The number of hydrogen-bond donors (Lipinski definition) is 3. The Morgan fingerprint density at radius 3 is 2.32 bits per heavy atom. The lowest BCUT2D eigenvalue weighted by Crippen LogP contribution is -2.22. The third-order valence-electron chi connectivity index (χ3n) is 4.14. The summed E-state index contributed by atoms with van der Waals surface area (Å²) in [4.78, 5) is 44.6. The van der Waals surface area contributed by atoms with E-state index in [2.05, 4.69) is 29.9 Å². The monoisotopic (exact) mass is 330 g/mol. The summed E-state index contributed by atoms with van der Waals surface area (Å²) >= 11 is 0. The molecule has 0 bridgehead atoms. The zero-order valence-electron chi connectivity index (χ0n) is 12.7. The SMILES string of the molecule is O=c1[nH]cc(-c2nc3c4cccnc4c4ncccc4c3[nH]2)c(=O)[nH]1. The Kier molecular flexibility index (Phi) is 2.64. The van der Waals surface area contributed by atoms with E-state index in [1.165, 1.54) is 6.20 Å². The Labute approximate surface area is 138 Å². The highest BCUT2D eigenvalue weighted by Crippen LogP contribution is 2.32. The van der Waals surface area contributed by atoms with Gasteiger partial charge in [-0.2, -0.15) is 0 Å². The van der Waals surface area contributed by atoms with Crippen LogP contribution >= 0.6 is 0 Å². The van der Waals surface area contributed by atoms with Gasteiger partial charge in [-0.25, -0.2) is 9.78 Å². The average Bonchev–Trinajstić information content (AvgIpc) is 3.07. The fourth-order valence-corrected chi connectivity index (χ4v) is 3.06. The van der Waals surface area contributed by atoms with E-state index >= 15 is 0 Å². The molecule has 0 saturated carbocycles. The van der Waals surface area contributed by atoms with Crippen LogP contribution in [0.25, 0.3) is 44.2 Å². The first kappa shape index (κ1) is 13.6. The third-order valence-corrected chi connectivity index (χ3v) is 4.14. The molecule has 4 aromatic heterocycles. The Bertz CT molecular complexity index is 1320. The van der Waals surface area contributed by atoms with E-state index in [1.54, 1.807) is 12.4 Å². The summed E-state index contributed by atoms with van der Waals surface area (Å²) in [5.41, 5.74) is 2.16. The van der Waals surface area contributed by atoms with Gasteiger partial charge in [-0.05, 0) is 24.3 Å². The van der Waals surface area contributed by atoms with Gasteiger partial charge in [0.1, 0.15) is 5.82 Å². The Balaban J connectivity index is 1.97. The summed E-state index contributed by atoms with van der Waals surface area (Å²) in [5, 5.41) is 1.70. The largest absolute Gasteiger partial charge is 0.337 e. The topological polar surface area (TPSA) is 120 Å². The lowest BCUT2D eigenvalue weighted by atomic mass is 10.1. The van der Waals surface area contributed by atoms with Crippen molar-refractivity contribution in [3.8, 4) is 11.4 Å². The molecule has 25 heavy (non-hydrogen) atoms. The van der Waals surface area contributed by atoms with Gasteiger partial charge in [0, 0.05) is 29.4 Å². The number of hydrogen-bond acceptors (Lipinski definition) is 5. The molecule has 0 aliphatic heterocycles. The smallest absolute Gasteiger partial charge is 0.325 e. The minimum atomic E-state index is -0.561. The van der Waals surface area contributed by atoms with Gasteiger partial charge in [-0.1, -0.05) is 0 Å². The van der Waals surface area contributed by atoms with Crippen LogP contribution in [0.15, 0.2) is 52.4 Å². The predicted octanol–water partition coefficient (Wildman–Crippen LogP) is 1.70. The van der Waals surface area contributed by atoms with Crippen molar-refractivity contribution in [1.82, 2.24) is 29.9 Å². The van der Waals surface area contributed by atoms with E-state index in [1.807, 2.05) is 24.3 Å². The van der Waals surface area contributed by atoms with Crippen LogP contribution in [0.3, 0.4) is 0 Å². The molecule has 0 aliphatic rings. The van der Waals surface area contributed by atoms with Crippen molar-refractivity contribution in [3.05, 3.63) is 63.7 Å². The summed E-state index contributed by atoms with van der Waals surface area (Å²) in [5.74, 6) is 0.369. The van der Waals surface area contributed by atoms with Crippen LogP contribution in [0, 0.1) is 0 Å². The van der Waals surface area contributed by atoms with Crippen molar-refractivity contribution in [2.75, 3.05) is 0 Å². The molecule has 4 heterocycles. The quantitative estimate of drug-likeness (QED) is 0.404. The molecule has 5 aromatic rings. The number of imidazole rings is 1. The third kappa shape index (κ3) is 1.91. The minimum Gasteiger partial charge on any atom is -0.337 e. The maximum atomic E-state index is 12.1. The highest BCUT2D eigenvalue weighted by Gasteiger charge is 2.16. The van der Waals surface area contributed by atoms with E-state index in [0.29, 0.717) is 11.3 Å². The second-order valence-corrected chi connectivity index (χ2v) is 5.59. The molecule has 0 atom stereocenters. The lowest BCUT2D eigenvalue weighted by Gasteiger charge is -2.03. The molecule has 120 valence electrons. The molecule has 0 aliphatic carbocycles. The number of H-pyrrole nitrogens is 3. The Hall–Kier alpha value is -3.81. The molecule has 8 heteroatoms. The Morgan fingerprint density at radius 1 is 0.840 bits per heavy atom. The molecule has 8 nitrogen and oxygen atoms in total. The number of aromatic nitrogens is 6. The van der Waals surface area contributed by atoms with Gasteiger partial charge >= 0.3 is 5.69 Å². The van der Waals surface area contributed by atoms with Gasteiger partial charge < -0.3 is 9.97 Å². The first-order valence-corrected chi connectivity index (χ1v) is 7.56. The lowest BCUT2D eigenvalue weighted by molar-refractivity contribution is 1.03. The van der Waals surface area contributed by atoms with Gasteiger partial charge in [0.05, 0.1) is 27.6 Å². The van der Waals surface area contributed by atoms with Gasteiger partial charge in [0.2, 0.25) is 0 Å². The molecule has 5 rings (SSSR count). The summed E-state index contributed by atoms with van der Waals surface area (Å²) < 4.78 is 0. The molecule has 0 fully saturated rings. The molecule has 0 saturated heterocycles. The van der Waals surface area contributed by atoms with Crippen LogP contribution < -0.4 is 11.2 Å². The standard InChI is InChI=1S/C17H10N6O2/c24-16-10(7-20-17(25)23-16)15-21-13-8-3-1-5-18-11(8)12-9(14(13)22-15)4-2-6-19-12/h1-7H,(H,21,22)(H2,20,23,24,25). The minimum absolute atomic E-state index is 0.255. The number of nitrogens with one attached hydrogen (secondary N) is 3. The average molecular weight is 330 g/mol. The zero-order chi connectivity index (χ0) is 17.0. The number of aromatic amines is 3. The zero-order valence-corrected chi connectivity index (χ0v) is 12.7. The van der Waals surface area contributed by atoms with Crippen molar-refractivity contribution < 1.29 is 0 Å². The van der Waals surface area contributed by atoms with E-state index < -0.39 is 11.2 Å². The predicted molar refractivity (Wildman–Crippen MR) is 93.4 cm³/mol. The summed E-state index contributed by atoms with van der Waals surface area (Å²) in [6.45, 7) is 0. The van der Waals surface area contributed by atoms with Gasteiger partial charge in [0.25, 0.3) is 5.56 Å². The number of rotatable bonds is 1. The molecule has 0 unspecified atom stereocenters. The van der Waals surface area contributed by atoms with Crippen LogP contribution in [0.5, 0.6) is 0 Å². The van der Waals surface area contributed by atoms with Crippen LogP contribution in [-0.2, 0) is 0 Å². The fraction of sp³-hybridized carbons (Fsp3) is 0. The van der Waals surface area contributed by atoms with E-state index in [4.69, 9.17) is 0 Å². The highest BCUT2D eigenvalue weighted by atomic mass is 16.2. The summed E-state index contributed by atoms with van der Waals surface area (Å²) in [6.07, 6.45) is 4.77. The van der Waals surface area contributed by atoms with Crippen LogP contribution in [0.2, 0.25) is 0 Å². The maximum Gasteiger partial charge on any atom is 0.325 e. The first-order chi connectivity index (χ1) is 12.2. The van der Waals surface area contributed by atoms with Crippen LogP contribution in [0.1, 0.15) is 0 Å². The Morgan fingerprint density at radius 2 is 1.56 bits per heavy atom. The van der Waals surface area contributed by atoms with Crippen LogP contribution in [-0.4, -0.2) is 29.9 Å². The molecule has 3 N–H and O–H groups in total. The summed E-state index contributed by atoms with van der Waals surface area (Å²) in [7, 11) is 0. The fourth-order valence-electron chi connectivity index (χ4n) is 3.06. The maximum absolute atomic E-state index is 12.1. The van der Waals surface area contributed by atoms with Crippen molar-refractivity contribution in [3.63, 3.8) is 0 Å². The summed E-state index contributed by atoms with van der Waals surface area (Å²) in [6, 6.07) is 7.51. The van der Waals surface area contributed by atoms with E-state index in [0.717, 1.165) is 27.3 Å².